The van der Waals surface area contributed by atoms with Crippen LogP contribution in [0.3, 0.4) is 0 Å². The lowest BCUT2D eigenvalue weighted by Crippen LogP contribution is -2.34. The minimum absolute atomic E-state index is 0. The Morgan fingerprint density at radius 2 is 1.84 bits per heavy atom. The summed E-state index contributed by atoms with van der Waals surface area (Å²) in [5.74, 6) is 1.16. The molecule has 0 saturated carbocycles. The van der Waals surface area contributed by atoms with Crippen molar-refractivity contribution >= 4 is 42.2 Å². The standard InChI is InChI=1S/C22H26N6O.2ClH/c1-3-28(4-2)14-13-25-22(29)17-7-5-9-19(15-17)26-20-10-12-24-21(27-20)18-8-6-11-23-16-18;;/h5-12,15-16H,3-4,13-14H2,1-2H3,(H,25,29)(H,24,26,27);2*1H. The summed E-state index contributed by atoms with van der Waals surface area (Å²) in [6.45, 7) is 7.66. The number of halogens is 2. The maximum Gasteiger partial charge on any atom is 0.251 e. The van der Waals surface area contributed by atoms with Crippen LogP contribution in [0.5, 0.6) is 0 Å². The smallest absolute Gasteiger partial charge is 0.251 e. The zero-order chi connectivity index (χ0) is 20.5. The number of benzene rings is 1. The third-order valence-corrected chi connectivity index (χ3v) is 4.58. The predicted molar refractivity (Wildman–Crippen MR) is 130 cm³/mol. The summed E-state index contributed by atoms with van der Waals surface area (Å²) in [5, 5.41) is 6.22. The highest BCUT2D eigenvalue weighted by Gasteiger charge is 2.08. The van der Waals surface area contributed by atoms with Crippen LogP contribution in [0.2, 0.25) is 0 Å². The molecule has 1 amide bonds. The fourth-order valence-corrected chi connectivity index (χ4v) is 2.92. The molecule has 0 fully saturated rings. The number of nitrogens with one attached hydrogen (secondary N) is 2. The van der Waals surface area contributed by atoms with E-state index < -0.39 is 0 Å². The van der Waals surface area contributed by atoms with Crippen LogP contribution >= 0.6 is 24.8 Å². The number of hydrogen-bond acceptors (Lipinski definition) is 6. The van der Waals surface area contributed by atoms with Crippen molar-refractivity contribution in [1.82, 2.24) is 25.2 Å². The van der Waals surface area contributed by atoms with E-state index >= 15 is 0 Å². The normalized spacial score (nSPS) is 10.0. The number of nitrogens with zero attached hydrogens (tertiary/aromatic N) is 4. The highest BCUT2D eigenvalue weighted by Crippen LogP contribution is 2.19. The summed E-state index contributed by atoms with van der Waals surface area (Å²) < 4.78 is 0. The number of aromatic nitrogens is 3. The van der Waals surface area contributed by atoms with E-state index in [0.29, 0.717) is 23.8 Å². The number of likely N-dealkylation sites (N-methyl/N-ethyl adjacent to an activating group) is 1. The van der Waals surface area contributed by atoms with Crippen LogP contribution in [0.4, 0.5) is 11.5 Å². The number of anilines is 2. The van der Waals surface area contributed by atoms with E-state index in [4.69, 9.17) is 0 Å². The van der Waals surface area contributed by atoms with Crippen molar-refractivity contribution in [2.75, 3.05) is 31.5 Å². The molecule has 0 aliphatic heterocycles. The minimum Gasteiger partial charge on any atom is -0.351 e. The molecular formula is C22H28Cl2N6O. The quantitative estimate of drug-likeness (QED) is 0.495. The maximum absolute atomic E-state index is 12.5. The second-order valence-electron chi connectivity index (χ2n) is 6.50. The highest BCUT2D eigenvalue weighted by atomic mass is 35.5. The van der Waals surface area contributed by atoms with E-state index in [0.717, 1.165) is 30.9 Å². The van der Waals surface area contributed by atoms with Crippen molar-refractivity contribution < 1.29 is 4.79 Å². The van der Waals surface area contributed by atoms with Crippen molar-refractivity contribution in [1.29, 1.82) is 0 Å². The molecule has 2 heterocycles. The molecule has 7 nitrogen and oxygen atoms in total. The van der Waals surface area contributed by atoms with Gasteiger partial charge in [0.05, 0.1) is 0 Å². The van der Waals surface area contributed by atoms with Crippen LogP contribution < -0.4 is 10.6 Å². The Morgan fingerprint density at radius 3 is 2.55 bits per heavy atom. The van der Waals surface area contributed by atoms with Gasteiger partial charge in [-0.1, -0.05) is 19.9 Å². The molecule has 0 aliphatic rings. The SMILES string of the molecule is CCN(CC)CCNC(=O)c1cccc(Nc2ccnc(-c3cccnc3)n2)c1.Cl.Cl. The lowest BCUT2D eigenvalue weighted by Gasteiger charge is -2.18. The zero-order valence-corrected chi connectivity index (χ0v) is 19.2. The van der Waals surface area contributed by atoms with Gasteiger partial charge in [-0.3, -0.25) is 9.78 Å². The average Bonchev–Trinajstić information content (AvgIpc) is 2.77. The largest absolute Gasteiger partial charge is 0.351 e. The fourth-order valence-electron chi connectivity index (χ4n) is 2.92. The fraction of sp³-hybridized carbons (Fsp3) is 0.273. The number of pyridine rings is 1. The predicted octanol–water partition coefficient (Wildman–Crippen LogP) is 4.20. The summed E-state index contributed by atoms with van der Waals surface area (Å²) in [5.41, 5.74) is 2.24. The van der Waals surface area contributed by atoms with Crippen molar-refractivity contribution in [2.24, 2.45) is 0 Å². The molecule has 1 aromatic carbocycles. The van der Waals surface area contributed by atoms with Crippen molar-refractivity contribution in [3.8, 4) is 11.4 Å². The van der Waals surface area contributed by atoms with E-state index in [9.17, 15) is 4.79 Å². The van der Waals surface area contributed by atoms with E-state index in [2.05, 4.69) is 44.3 Å². The van der Waals surface area contributed by atoms with Gasteiger partial charge in [-0.25, -0.2) is 9.97 Å². The number of carbonyl (C=O) groups excluding carboxylic acids is 1. The van der Waals surface area contributed by atoms with E-state index in [1.54, 1.807) is 30.7 Å². The van der Waals surface area contributed by atoms with Crippen LogP contribution in [0, 0.1) is 0 Å². The maximum atomic E-state index is 12.5. The molecule has 2 N–H and O–H groups in total. The van der Waals surface area contributed by atoms with Gasteiger partial charge in [-0.2, -0.15) is 0 Å². The van der Waals surface area contributed by atoms with Gasteiger partial charge < -0.3 is 15.5 Å². The van der Waals surface area contributed by atoms with Crippen molar-refractivity contribution in [2.45, 2.75) is 13.8 Å². The molecule has 3 aromatic rings. The number of amides is 1. The molecule has 0 bridgehead atoms. The molecule has 0 spiro atoms. The zero-order valence-electron chi connectivity index (χ0n) is 17.6. The molecule has 166 valence electrons. The topological polar surface area (TPSA) is 83.0 Å². The Labute approximate surface area is 195 Å². The Balaban J connectivity index is 0.00000240. The third kappa shape index (κ3) is 7.79. The number of carbonyl (C=O) groups is 1. The Hall–Kier alpha value is -2.74. The van der Waals surface area contributed by atoms with Gasteiger partial charge in [0.1, 0.15) is 5.82 Å². The van der Waals surface area contributed by atoms with Gasteiger partial charge in [0, 0.05) is 48.5 Å². The first kappa shape index (κ1) is 26.3. The molecule has 0 radical (unpaired) electrons. The van der Waals surface area contributed by atoms with Gasteiger partial charge in [-0.05, 0) is 49.5 Å². The first-order chi connectivity index (χ1) is 14.2. The molecule has 0 saturated heterocycles. The van der Waals surface area contributed by atoms with Crippen LogP contribution in [-0.2, 0) is 0 Å². The Kier molecular flexibility index (Phi) is 11.5. The van der Waals surface area contributed by atoms with Gasteiger partial charge in [-0.15, -0.1) is 24.8 Å². The van der Waals surface area contributed by atoms with Crippen molar-refractivity contribution in [3.63, 3.8) is 0 Å². The first-order valence-electron chi connectivity index (χ1n) is 9.80. The van der Waals surface area contributed by atoms with Gasteiger partial charge in [0.2, 0.25) is 0 Å². The van der Waals surface area contributed by atoms with Gasteiger partial charge in [0.15, 0.2) is 5.82 Å². The lowest BCUT2D eigenvalue weighted by molar-refractivity contribution is 0.0949. The monoisotopic (exact) mass is 462 g/mol. The van der Waals surface area contributed by atoms with Crippen molar-refractivity contribution in [3.05, 3.63) is 66.6 Å². The van der Waals surface area contributed by atoms with Gasteiger partial charge in [0.25, 0.3) is 5.91 Å². The average molecular weight is 463 g/mol. The molecule has 3 rings (SSSR count). The summed E-state index contributed by atoms with van der Waals surface area (Å²) >= 11 is 0. The van der Waals surface area contributed by atoms with E-state index in [1.807, 2.05) is 30.3 Å². The molecule has 9 heteroatoms. The van der Waals surface area contributed by atoms with E-state index in [-0.39, 0.29) is 30.7 Å². The Bertz CT molecular complexity index is 938. The number of rotatable bonds is 9. The highest BCUT2D eigenvalue weighted by molar-refractivity contribution is 5.95. The summed E-state index contributed by atoms with van der Waals surface area (Å²) in [6.07, 6.45) is 5.13. The van der Waals surface area contributed by atoms with Crippen LogP contribution in [0.15, 0.2) is 61.1 Å². The number of hydrogen-bond donors (Lipinski definition) is 2. The summed E-state index contributed by atoms with van der Waals surface area (Å²) in [6, 6.07) is 12.9. The molecule has 0 unspecified atom stereocenters. The molecule has 31 heavy (non-hydrogen) atoms. The summed E-state index contributed by atoms with van der Waals surface area (Å²) in [4.78, 5) is 27.7. The van der Waals surface area contributed by atoms with E-state index in [1.165, 1.54) is 0 Å². The molecular weight excluding hydrogens is 435 g/mol. The summed E-state index contributed by atoms with van der Waals surface area (Å²) in [7, 11) is 0. The lowest BCUT2D eigenvalue weighted by atomic mass is 10.2. The Morgan fingerprint density at radius 1 is 1.03 bits per heavy atom. The molecule has 2 aromatic heterocycles. The second kappa shape index (κ2) is 13.5. The van der Waals surface area contributed by atoms with Crippen LogP contribution in [0.1, 0.15) is 24.2 Å². The molecule has 0 atom stereocenters. The third-order valence-electron chi connectivity index (χ3n) is 4.58. The van der Waals surface area contributed by atoms with Crippen LogP contribution in [-0.4, -0.2) is 51.9 Å². The molecule has 0 aliphatic carbocycles. The van der Waals surface area contributed by atoms with Gasteiger partial charge >= 0.3 is 0 Å². The second-order valence-corrected chi connectivity index (χ2v) is 6.50. The van der Waals surface area contributed by atoms with Crippen LogP contribution in [0.25, 0.3) is 11.4 Å². The first-order valence-corrected chi connectivity index (χ1v) is 9.80. The minimum atomic E-state index is -0.0838.